The number of hydrogen-bond donors (Lipinski definition) is 3. The summed E-state index contributed by atoms with van der Waals surface area (Å²) >= 11 is 5.46. The fourth-order valence-corrected chi connectivity index (χ4v) is 6.14. The molecule has 192 valence electrons. The molecule has 0 aromatic heterocycles. The highest BCUT2D eigenvalue weighted by Gasteiger charge is 2.50. The van der Waals surface area contributed by atoms with Gasteiger partial charge in [-0.15, -0.1) is 0 Å². The Kier molecular flexibility index (Phi) is 7.24. The molecule has 1 fully saturated rings. The quantitative estimate of drug-likeness (QED) is 0.403. The van der Waals surface area contributed by atoms with Crippen molar-refractivity contribution in [3.63, 3.8) is 0 Å². The number of rotatable bonds is 6. The van der Waals surface area contributed by atoms with Crippen LogP contribution in [0.15, 0.2) is 72.8 Å². The number of ether oxygens (including phenoxy) is 2. The number of carbonyl (C=O) groups is 1. The molecule has 8 heteroatoms. The summed E-state index contributed by atoms with van der Waals surface area (Å²) in [6.45, 7) is -0.0549. The van der Waals surface area contributed by atoms with Crippen LogP contribution in [0, 0.1) is 11.7 Å². The average Bonchev–Trinajstić information content (AvgIpc) is 3.43. The largest absolute Gasteiger partial charge is 0.448 e. The van der Waals surface area contributed by atoms with Gasteiger partial charge in [0.1, 0.15) is 12.4 Å². The maximum Gasteiger partial charge on any atom is 0.413 e. The fraction of sp³-hybridized carbons (Fsp3) is 0.310. The van der Waals surface area contributed by atoms with Crippen molar-refractivity contribution in [1.82, 2.24) is 10.6 Å². The zero-order valence-electron chi connectivity index (χ0n) is 20.4. The van der Waals surface area contributed by atoms with Crippen molar-refractivity contribution >= 4 is 23.4 Å². The number of amides is 1. The Labute approximate surface area is 220 Å². The molecule has 6 nitrogen and oxygen atoms in total. The van der Waals surface area contributed by atoms with E-state index < -0.39 is 17.4 Å². The first kappa shape index (κ1) is 25.3. The van der Waals surface area contributed by atoms with E-state index in [0.717, 1.165) is 22.3 Å². The van der Waals surface area contributed by atoms with E-state index in [0.29, 0.717) is 18.4 Å². The maximum absolute atomic E-state index is 15.0. The summed E-state index contributed by atoms with van der Waals surface area (Å²) in [6.07, 6.45) is -0.0178. The predicted octanol–water partition coefficient (Wildman–Crippen LogP) is 4.85. The first-order valence-electron chi connectivity index (χ1n) is 12.3. The maximum atomic E-state index is 15.0. The highest BCUT2D eigenvalue weighted by atomic mass is 32.1. The van der Waals surface area contributed by atoms with Crippen molar-refractivity contribution in [3.05, 3.63) is 95.3 Å². The Morgan fingerprint density at radius 2 is 1.68 bits per heavy atom. The summed E-state index contributed by atoms with van der Waals surface area (Å²) in [5, 5.41) is 15.9. The van der Waals surface area contributed by atoms with E-state index in [1.165, 1.54) is 6.07 Å². The van der Waals surface area contributed by atoms with E-state index in [9.17, 15) is 14.3 Å². The molecule has 3 atom stereocenters. The van der Waals surface area contributed by atoms with Gasteiger partial charge in [0, 0.05) is 37.5 Å². The number of fused-ring (bicyclic) bond motifs is 3. The number of methoxy groups -OCH3 is 1. The molecule has 0 bridgehead atoms. The summed E-state index contributed by atoms with van der Waals surface area (Å²) in [7, 11) is 1.59. The molecule has 3 aromatic carbocycles. The standard InChI is InChI=1S/C29H29FN2O4S/c1-35-19-14-18(16-33)29(15-19,25-12-6-7-13-26(25)30)32-27(37)31-28(34)36-17-24-22-10-4-2-8-20(22)21-9-3-5-11-23(21)24/h2-13,18-19,24,33H,14-17H2,1H3,(H2,31,32,34,37)/t18-,19-,29?/m0/s1. The number of thiocarbonyl (C=S) groups is 1. The molecule has 0 saturated heterocycles. The number of aliphatic hydroxyl groups is 1. The van der Waals surface area contributed by atoms with Crippen LogP contribution in [0.1, 0.15) is 35.4 Å². The number of aliphatic hydroxyl groups excluding tert-OH is 1. The average molecular weight is 521 g/mol. The Balaban J connectivity index is 1.30. The zero-order valence-corrected chi connectivity index (χ0v) is 21.3. The van der Waals surface area contributed by atoms with Gasteiger partial charge in [-0.05, 0) is 47.0 Å². The van der Waals surface area contributed by atoms with Gasteiger partial charge in [0.2, 0.25) is 0 Å². The van der Waals surface area contributed by atoms with Gasteiger partial charge in [0.25, 0.3) is 0 Å². The van der Waals surface area contributed by atoms with Gasteiger partial charge in [0.05, 0.1) is 11.6 Å². The van der Waals surface area contributed by atoms with Gasteiger partial charge in [-0.3, -0.25) is 5.32 Å². The van der Waals surface area contributed by atoms with E-state index in [1.807, 2.05) is 36.4 Å². The molecule has 1 saturated carbocycles. The molecule has 0 aliphatic heterocycles. The van der Waals surface area contributed by atoms with E-state index in [4.69, 9.17) is 21.7 Å². The molecule has 0 radical (unpaired) electrons. The first-order chi connectivity index (χ1) is 18.0. The SMILES string of the molecule is CO[C@H]1C[C@@H](CO)C(NC(=S)NC(=O)OCC2c3ccccc3-c3ccccc32)(c2ccccc2F)C1. The van der Waals surface area contributed by atoms with Crippen LogP contribution in [-0.2, 0) is 15.0 Å². The summed E-state index contributed by atoms with van der Waals surface area (Å²) in [4.78, 5) is 12.8. The molecule has 0 heterocycles. The third-order valence-electron chi connectivity index (χ3n) is 7.60. The Morgan fingerprint density at radius 1 is 1.05 bits per heavy atom. The summed E-state index contributed by atoms with van der Waals surface area (Å²) in [5.74, 6) is -0.883. The van der Waals surface area contributed by atoms with Crippen LogP contribution in [0.2, 0.25) is 0 Å². The summed E-state index contributed by atoms with van der Waals surface area (Å²) in [6, 6.07) is 22.6. The molecule has 2 aliphatic carbocycles. The third kappa shape index (κ3) is 4.72. The van der Waals surface area contributed by atoms with Crippen LogP contribution >= 0.6 is 12.2 Å². The second-order valence-corrected chi connectivity index (χ2v) is 9.94. The van der Waals surface area contributed by atoms with Gasteiger partial charge in [-0.25, -0.2) is 9.18 Å². The van der Waals surface area contributed by atoms with Crippen molar-refractivity contribution < 1.29 is 23.8 Å². The van der Waals surface area contributed by atoms with Crippen molar-refractivity contribution in [2.75, 3.05) is 20.3 Å². The van der Waals surface area contributed by atoms with Crippen LogP contribution in [0.3, 0.4) is 0 Å². The second kappa shape index (κ2) is 10.6. The molecule has 1 amide bonds. The van der Waals surface area contributed by atoms with Crippen LogP contribution in [0.5, 0.6) is 0 Å². The lowest BCUT2D eigenvalue weighted by Gasteiger charge is -2.37. The number of hydrogen-bond acceptors (Lipinski definition) is 5. The van der Waals surface area contributed by atoms with Crippen LogP contribution in [0.25, 0.3) is 11.1 Å². The molecule has 3 N–H and O–H groups in total. The van der Waals surface area contributed by atoms with E-state index in [2.05, 4.69) is 22.8 Å². The lowest BCUT2D eigenvalue weighted by molar-refractivity contribution is 0.0992. The predicted molar refractivity (Wildman–Crippen MR) is 143 cm³/mol. The smallest absolute Gasteiger partial charge is 0.413 e. The fourth-order valence-electron chi connectivity index (χ4n) is 5.87. The van der Waals surface area contributed by atoms with Crippen LogP contribution in [-0.4, -0.2) is 42.7 Å². The van der Waals surface area contributed by atoms with Crippen molar-refractivity contribution in [2.24, 2.45) is 5.92 Å². The molecule has 0 spiro atoms. The molecule has 2 aliphatic rings. The summed E-state index contributed by atoms with van der Waals surface area (Å²) < 4.78 is 26.1. The molecule has 1 unspecified atom stereocenters. The number of benzene rings is 3. The minimum Gasteiger partial charge on any atom is -0.448 e. The van der Waals surface area contributed by atoms with Crippen molar-refractivity contribution in [1.29, 1.82) is 0 Å². The first-order valence-corrected chi connectivity index (χ1v) is 12.7. The van der Waals surface area contributed by atoms with Gasteiger partial charge < -0.3 is 19.9 Å². The molecule has 37 heavy (non-hydrogen) atoms. The van der Waals surface area contributed by atoms with E-state index >= 15 is 0 Å². The lowest BCUT2D eigenvalue weighted by Crippen LogP contribution is -2.54. The number of alkyl carbamates (subject to hydrolysis) is 1. The highest BCUT2D eigenvalue weighted by molar-refractivity contribution is 7.80. The van der Waals surface area contributed by atoms with Crippen molar-refractivity contribution in [3.8, 4) is 11.1 Å². The van der Waals surface area contributed by atoms with Crippen LogP contribution < -0.4 is 10.6 Å². The Hall–Kier alpha value is -3.33. The topological polar surface area (TPSA) is 79.8 Å². The molecular weight excluding hydrogens is 491 g/mol. The second-order valence-electron chi connectivity index (χ2n) is 9.53. The minimum atomic E-state index is -1.05. The van der Waals surface area contributed by atoms with Gasteiger partial charge >= 0.3 is 6.09 Å². The van der Waals surface area contributed by atoms with Crippen LogP contribution in [0.4, 0.5) is 9.18 Å². The lowest BCUT2D eigenvalue weighted by atomic mass is 9.80. The minimum absolute atomic E-state index is 0.00400. The van der Waals surface area contributed by atoms with Gasteiger partial charge in [0.15, 0.2) is 5.11 Å². The highest BCUT2D eigenvalue weighted by Crippen LogP contribution is 2.46. The number of halogens is 1. The summed E-state index contributed by atoms with van der Waals surface area (Å²) in [5.41, 5.74) is 3.82. The number of carbonyl (C=O) groups excluding carboxylic acids is 1. The molecule has 3 aromatic rings. The molecular formula is C29H29FN2O4S. The van der Waals surface area contributed by atoms with E-state index in [-0.39, 0.29) is 36.3 Å². The zero-order chi connectivity index (χ0) is 26.0. The number of nitrogens with one attached hydrogen (secondary N) is 2. The van der Waals surface area contributed by atoms with Gasteiger partial charge in [-0.2, -0.15) is 0 Å². The normalized spacial score (nSPS) is 22.2. The third-order valence-corrected chi connectivity index (χ3v) is 7.80. The van der Waals surface area contributed by atoms with Crippen molar-refractivity contribution in [2.45, 2.75) is 30.4 Å². The Bertz CT molecular complexity index is 1270. The monoisotopic (exact) mass is 520 g/mol. The van der Waals surface area contributed by atoms with Gasteiger partial charge in [-0.1, -0.05) is 66.7 Å². The molecule has 5 rings (SSSR count). The Morgan fingerprint density at radius 3 is 2.30 bits per heavy atom. The van der Waals surface area contributed by atoms with E-state index in [1.54, 1.807) is 25.3 Å².